The number of ether oxygens (including phenoxy) is 1. The van der Waals surface area contributed by atoms with Gasteiger partial charge in [-0.05, 0) is 36.2 Å². The van der Waals surface area contributed by atoms with Gasteiger partial charge in [0.25, 0.3) is 0 Å². The standard InChI is InChI=1S/C16H15ClN2O/c1-10-3-8-13(20-2)16-15(10)18-14(19-16)9-11-4-6-12(17)7-5-11/h3-8H,9H2,1-2H3,(H,18,19). The second-order valence-electron chi connectivity index (χ2n) is 4.80. The van der Waals surface area contributed by atoms with Crippen LogP contribution in [0.25, 0.3) is 11.0 Å². The Hall–Kier alpha value is -2.00. The molecule has 1 aromatic heterocycles. The molecule has 0 fully saturated rings. The Balaban J connectivity index is 2.00. The number of H-pyrrole nitrogens is 1. The second-order valence-corrected chi connectivity index (χ2v) is 5.23. The maximum atomic E-state index is 5.90. The number of hydrogen-bond donors (Lipinski definition) is 1. The largest absolute Gasteiger partial charge is 0.494 e. The predicted molar refractivity (Wildman–Crippen MR) is 81.6 cm³/mol. The molecule has 0 aliphatic heterocycles. The minimum absolute atomic E-state index is 0.744. The third-order valence-electron chi connectivity index (χ3n) is 3.37. The van der Waals surface area contributed by atoms with Crippen molar-refractivity contribution in [1.82, 2.24) is 9.97 Å². The first kappa shape index (κ1) is 13.0. The molecule has 20 heavy (non-hydrogen) atoms. The minimum Gasteiger partial charge on any atom is -0.494 e. The number of fused-ring (bicyclic) bond motifs is 1. The van der Waals surface area contributed by atoms with Crippen molar-refractivity contribution in [2.24, 2.45) is 0 Å². The highest BCUT2D eigenvalue weighted by atomic mass is 35.5. The molecule has 0 spiro atoms. The fraction of sp³-hybridized carbons (Fsp3) is 0.188. The van der Waals surface area contributed by atoms with Crippen LogP contribution in [0, 0.1) is 6.92 Å². The topological polar surface area (TPSA) is 37.9 Å². The van der Waals surface area contributed by atoms with Crippen molar-refractivity contribution in [2.45, 2.75) is 13.3 Å². The number of aryl methyl sites for hydroxylation is 1. The number of aromatic amines is 1. The maximum Gasteiger partial charge on any atom is 0.146 e. The molecule has 0 amide bonds. The molecule has 0 aliphatic rings. The molecular formula is C16H15ClN2O. The Kier molecular flexibility index (Phi) is 3.36. The smallest absolute Gasteiger partial charge is 0.146 e. The van der Waals surface area contributed by atoms with E-state index in [-0.39, 0.29) is 0 Å². The van der Waals surface area contributed by atoms with Gasteiger partial charge < -0.3 is 9.72 Å². The lowest BCUT2D eigenvalue weighted by Crippen LogP contribution is -1.90. The van der Waals surface area contributed by atoms with E-state index < -0.39 is 0 Å². The van der Waals surface area contributed by atoms with Crippen molar-refractivity contribution in [1.29, 1.82) is 0 Å². The molecule has 102 valence electrons. The van der Waals surface area contributed by atoms with E-state index in [2.05, 4.69) is 16.9 Å². The average Bonchev–Trinajstić information content (AvgIpc) is 2.86. The van der Waals surface area contributed by atoms with Crippen molar-refractivity contribution in [3.05, 3.63) is 58.4 Å². The van der Waals surface area contributed by atoms with E-state index in [4.69, 9.17) is 16.3 Å². The molecular weight excluding hydrogens is 272 g/mol. The Bertz CT molecular complexity index is 747. The highest BCUT2D eigenvalue weighted by molar-refractivity contribution is 6.30. The summed E-state index contributed by atoms with van der Waals surface area (Å²) in [6.07, 6.45) is 0.744. The number of hydrogen-bond acceptors (Lipinski definition) is 2. The molecule has 2 aromatic carbocycles. The predicted octanol–water partition coefficient (Wildman–Crippen LogP) is 4.12. The lowest BCUT2D eigenvalue weighted by molar-refractivity contribution is 0.419. The molecule has 0 radical (unpaired) electrons. The zero-order valence-electron chi connectivity index (χ0n) is 11.4. The molecule has 0 bridgehead atoms. The van der Waals surface area contributed by atoms with Crippen LogP contribution in [0.2, 0.25) is 5.02 Å². The molecule has 3 rings (SSSR count). The Morgan fingerprint density at radius 2 is 1.90 bits per heavy atom. The van der Waals surface area contributed by atoms with Gasteiger partial charge in [-0.15, -0.1) is 0 Å². The second kappa shape index (κ2) is 5.17. The number of rotatable bonds is 3. The molecule has 1 heterocycles. The molecule has 0 aliphatic carbocycles. The Labute approximate surface area is 122 Å². The minimum atomic E-state index is 0.744. The van der Waals surface area contributed by atoms with Crippen LogP contribution in [-0.4, -0.2) is 17.1 Å². The quantitative estimate of drug-likeness (QED) is 0.786. The van der Waals surface area contributed by atoms with Gasteiger partial charge in [-0.25, -0.2) is 4.98 Å². The summed E-state index contributed by atoms with van der Waals surface area (Å²) in [7, 11) is 1.66. The number of benzene rings is 2. The lowest BCUT2D eigenvalue weighted by Gasteiger charge is -2.01. The zero-order chi connectivity index (χ0) is 14.1. The molecule has 4 heteroatoms. The zero-order valence-corrected chi connectivity index (χ0v) is 12.2. The van der Waals surface area contributed by atoms with Crippen LogP contribution in [-0.2, 0) is 6.42 Å². The van der Waals surface area contributed by atoms with Crippen LogP contribution < -0.4 is 4.74 Å². The van der Waals surface area contributed by atoms with Crippen molar-refractivity contribution < 1.29 is 4.74 Å². The Morgan fingerprint density at radius 1 is 1.15 bits per heavy atom. The molecule has 3 aromatic rings. The van der Waals surface area contributed by atoms with Crippen LogP contribution in [0.15, 0.2) is 36.4 Å². The number of imidazole rings is 1. The Morgan fingerprint density at radius 3 is 2.60 bits per heavy atom. The highest BCUT2D eigenvalue weighted by Crippen LogP contribution is 2.26. The summed E-state index contributed by atoms with van der Waals surface area (Å²) in [4.78, 5) is 8.03. The lowest BCUT2D eigenvalue weighted by atomic mass is 10.1. The van der Waals surface area contributed by atoms with Crippen LogP contribution in [0.1, 0.15) is 17.0 Å². The molecule has 0 saturated carbocycles. The maximum absolute atomic E-state index is 5.90. The third kappa shape index (κ3) is 2.37. The summed E-state index contributed by atoms with van der Waals surface area (Å²) in [6.45, 7) is 2.06. The molecule has 1 N–H and O–H groups in total. The number of methoxy groups -OCH3 is 1. The highest BCUT2D eigenvalue weighted by Gasteiger charge is 2.10. The monoisotopic (exact) mass is 286 g/mol. The van der Waals surface area contributed by atoms with E-state index in [0.29, 0.717) is 0 Å². The van der Waals surface area contributed by atoms with Gasteiger partial charge in [-0.1, -0.05) is 29.8 Å². The van der Waals surface area contributed by atoms with Gasteiger partial charge in [0.1, 0.15) is 17.1 Å². The van der Waals surface area contributed by atoms with Crippen LogP contribution in [0.5, 0.6) is 5.75 Å². The van der Waals surface area contributed by atoms with Gasteiger partial charge in [-0.2, -0.15) is 0 Å². The van der Waals surface area contributed by atoms with Gasteiger partial charge in [0.05, 0.1) is 12.6 Å². The van der Waals surface area contributed by atoms with Crippen molar-refractivity contribution in [2.75, 3.05) is 7.11 Å². The molecule has 0 unspecified atom stereocenters. The van der Waals surface area contributed by atoms with E-state index in [1.54, 1.807) is 7.11 Å². The third-order valence-corrected chi connectivity index (χ3v) is 3.62. The van der Waals surface area contributed by atoms with E-state index in [1.165, 1.54) is 5.56 Å². The van der Waals surface area contributed by atoms with Crippen LogP contribution in [0.3, 0.4) is 0 Å². The molecule has 0 atom stereocenters. The van der Waals surface area contributed by atoms with Gasteiger partial charge in [-0.3, -0.25) is 0 Å². The summed E-state index contributed by atoms with van der Waals surface area (Å²) in [5.74, 6) is 1.72. The number of nitrogens with zero attached hydrogens (tertiary/aromatic N) is 1. The van der Waals surface area contributed by atoms with Crippen molar-refractivity contribution >= 4 is 22.6 Å². The number of halogens is 1. The SMILES string of the molecule is COc1ccc(C)c2[nH]c(Cc3ccc(Cl)cc3)nc12. The van der Waals surface area contributed by atoms with E-state index >= 15 is 0 Å². The number of nitrogens with one attached hydrogen (secondary N) is 1. The van der Waals surface area contributed by atoms with Crippen molar-refractivity contribution in [3.8, 4) is 5.75 Å². The summed E-state index contributed by atoms with van der Waals surface area (Å²) in [5.41, 5.74) is 4.26. The molecule has 3 nitrogen and oxygen atoms in total. The molecule has 0 saturated heterocycles. The summed E-state index contributed by atoms with van der Waals surface area (Å²) < 4.78 is 5.36. The first-order valence-electron chi connectivity index (χ1n) is 6.44. The van der Waals surface area contributed by atoms with Gasteiger partial charge >= 0.3 is 0 Å². The van der Waals surface area contributed by atoms with Crippen molar-refractivity contribution in [3.63, 3.8) is 0 Å². The van der Waals surface area contributed by atoms with Crippen LogP contribution >= 0.6 is 11.6 Å². The van der Waals surface area contributed by atoms with Gasteiger partial charge in [0.15, 0.2) is 0 Å². The average molecular weight is 287 g/mol. The van der Waals surface area contributed by atoms with Gasteiger partial charge in [0, 0.05) is 11.4 Å². The van der Waals surface area contributed by atoms with E-state index in [1.807, 2.05) is 36.4 Å². The fourth-order valence-electron chi connectivity index (χ4n) is 2.29. The normalized spacial score (nSPS) is 10.9. The first-order chi connectivity index (χ1) is 9.67. The first-order valence-corrected chi connectivity index (χ1v) is 6.82. The van der Waals surface area contributed by atoms with E-state index in [9.17, 15) is 0 Å². The summed E-state index contributed by atoms with van der Waals surface area (Å²) >= 11 is 5.90. The summed E-state index contributed by atoms with van der Waals surface area (Å²) in [6, 6.07) is 11.8. The fourth-order valence-corrected chi connectivity index (χ4v) is 2.42. The summed E-state index contributed by atoms with van der Waals surface area (Å²) in [5, 5.41) is 0.746. The van der Waals surface area contributed by atoms with Gasteiger partial charge in [0.2, 0.25) is 0 Å². The number of aromatic nitrogens is 2. The van der Waals surface area contributed by atoms with E-state index in [0.717, 1.165) is 39.6 Å². The van der Waals surface area contributed by atoms with Crippen LogP contribution in [0.4, 0.5) is 0 Å².